The van der Waals surface area contributed by atoms with Crippen LogP contribution >= 0.6 is 11.3 Å². The Kier molecular flexibility index (Phi) is 6.38. The number of sulfone groups is 1. The molecule has 1 aliphatic heterocycles. The molecule has 34 heavy (non-hydrogen) atoms. The summed E-state index contributed by atoms with van der Waals surface area (Å²) in [5.74, 6) is 0.458. The molecule has 3 aromatic rings. The number of thiazole rings is 1. The quantitative estimate of drug-likeness (QED) is 0.444. The SMILES string of the molecule is CS(=O)(=O)c1ccc(-c2ccc3nc(OCCC4CCN(S(=O)(=O)C5CC5)CC4)sc3n2)cc1. The number of hydrogen-bond donors (Lipinski definition) is 0. The fraction of sp³-hybridized carbons (Fsp3) is 0.478. The van der Waals surface area contributed by atoms with Crippen LogP contribution in [0.1, 0.15) is 32.1 Å². The van der Waals surface area contributed by atoms with Crippen molar-refractivity contribution < 1.29 is 21.6 Å². The van der Waals surface area contributed by atoms with Crippen molar-refractivity contribution in [2.75, 3.05) is 26.0 Å². The van der Waals surface area contributed by atoms with Gasteiger partial charge in [0.25, 0.3) is 5.19 Å². The van der Waals surface area contributed by atoms with E-state index >= 15 is 0 Å². The summed E-state index contributed by atoms with van der Waals surface area (Å²) in [5, 5.41) is 0.438. The van der Waals surface area contributed by atoms with Gasteiger partial charge in [0.1, 0.15) is 10.3 Å². The minimum Gasteiger partial charge on any atom is -0.470 e. The van der Waals surface area contributed by atoms with Gasteiger partial charge in [0.2, 0.25) is 10.0 Å². The molecule has 0 spiro atoms. The zero-order valence-electron chi connectivity index (χ0n) is 18.9. The van der Waals surface area contributed by atoms with Crippen LogP contribution in [0.15, 0.2) is 41.3 Å². The van der Waals surface area contributed by atoms with Gasteiger partial charge >= 0.3 is 0 Å². The van der Waals surface area contributed by atoms with Crippen LogP contribution in [0.5, 0.6) is 5.19 Å². The number of hydrogen-bond acceptors (Lipinski definition) is 8. The Labute approximate surface area is 204 Å². The molecule has 0 amide bonds. The molecule has 2 aromatic heterocycles. The second-order valence-corrected chi connectivity index (χ2v) is 14.2. The summed E-state index contributed by atoms with van der Waals surface area (Å²) in [6.07, 6.45) is 5.43. The van der Waals surface area contributed by atoms with E-state index in [0.717, 1.165) is 53.7 Å². The smallest absolute Gasteiger partial charge is 0.275 e. The van der Waals surface area contributed by atoms with E-state index in [1.807, 2.05) is 12.1 Å². The van der Waals surface area contributed by atoms with Crippen LogP contribution in [0.3, 0.4) is 0 Å². The third kappa shape index (κ3) is 5.12. The Bertz CT molecular complexity index is 1390. The fourth-order valence-corrected chi connectivity index (χ4v) is 7.55. The normalized spacial score (nSPS) is 18.4. The lowest BCUT2D eigenvalue weighted by molar-refractivity contribution is 0.219. The fourth-order valence-electron chi connectivity index (χ4n) is 4.23. The lowest BCUT2D eigenvalue weighted by Crippen LogP contribution is -2.40. The lowest BCUT2D eigenvalue weighted by Gasteiger charge is -2.31. The van der Waals surface area contributed by atoms with Crippen molar-refractivity contribution in [3.63, 3.8) is 0 Å². The summed E-state index contributed by atoms with van der Waals surface area (Å²) in [7, 11) is -6.30. The molecule has 3 heterocycles. The van der Waals surface area contributed by atoms with Crippen molar-refractivity contribution in [3.8, 4) is 16.5 Å². The van der Waals surface area contributed by atoms with Crippen molar-refractivity contribution >= 4 is 41.5 Å². The van der Waals surface area contributed by atoms with Gasteiger partial charge in [0.05, 0.1) is 22.4 Å². The van der Waals surface area contributed by atoms with Crippen LogP contribution in [0.25, 0.3) is 21.6 Å². The average Bonchev–Trinajstić information content (AvgIpc) is 3.60. The summed E-state index contributed by atoms with van der Waals surface area (Å²) in [6.45, 7) is 1.77. The van der Waals surface area contributed by atoms with Gasteiger partial charge in [-0.2, -0.15) is 0 Å². The first-order chi connectivity index (χ1) is 16.2. The molecular formula is C23H27N3O5S3. The summed E-state index contributed by atoms with van der Waals surface area (Å²) < 4.78 is 55.6. The number of sulfonamides is 1. The second-order valence-electron chi connectivity index (χ2n) is 9.02. The van der Waals surface area contributed by atoms with Crippen LogP contribution in [-0.4, -0.2) is 62.3 Å². The molecule has 1 saturated heterocycles. The molecule has 182 valence electrons. The molecule has 2 fully saturated rings. The molecule has 1 aromatic carbocycles. The van der Waals surface area contributed by atoms with Gasteiger partial charge in [-0.25, -0.2) is 31.1 Å². The number of benzene rings is 1. The summed E-state index contributed by atoms with van der Waals surface area (Å²) in [5.41, 5.74) is 2.34. The van der Waals surface area contributed by atoms with Crippen LogP contribution in [-0.2, 0) is 19.9 Å². The molecule has 0 unspecified atom stereocenters. The van der Waals surface area contributed by atoms with Gasteiger partial charge < -0.3 is 4.74 Å². The van der Waals surface area contributed by atoms with Crippen LogP contribution < -0.4 is 4.74 Å². The highest BCUT2D eigenvalue weighted by Crippen LogP contribution is 2.34. The maximum absolute atomic E-state index is 12.4. The van der Waals surface area contributed by atoms with Crippen LogP contribution in [0.2, 0.25) is 0 Å². The maximum atomic E-state index is 12.4. The van der Waals surface area contributed by atoms with Gasteiger partial charge in [0.15, 0.2) is 9.84 Å². The van der Waals surface area contributed by atoms with E-state index in [9.17, 15) is 16.8 Å². The third-order valence-electron chi connectivity index (χ3n) is 6.44. The highest BCUT2D eigenvalue weighted by atomic mass is 32.2. The highest BCUT2D eigenvalue weighted by molar-refractivity contribution is 7.90. The molecule has 1 aliphatic carbocycles. The molecule has 1 saturated carbocycles. The Morgan fingerprint density at radius 2 is 1.68 bits per heavy atom. The minimum atomic E-state index is -3.23. The number of piperidine rings is 1. The number of rotatable bonds is 8. The van der Waals surface area contributed by atoms with Gasteiger partial charge in [-0.05, 0) is 62.3 Å². The Hall–Kier alpha value is -2.08. The first-order valence-corrected chi connectivity index (χ1v) is 15.6. The van der Waals surface area contributed by atoms with E-state index in [2.05, 4.69) is 9.97 Å². The van der Waals surface area contributed by atoms with E-state index in [4.69, 9.17) is 4.74 Å². The van der Waals surface area contributed by atoms with Gasteiger partial charge in [0, 0.05) is 24.9 Å². The molecule has 2 aliphatic rings. The molecular weight excluding hydrogens is 494 g/mol. The van der Waals surface area contributed by atoms with Gasteiger partial charge in [-0.3, -0.25) is 0 Å². The number of nitrogens with zero attached hydrogens (tertiary/aromatic N) is 3. The largest absolute Gasteiger partial charge is 0.470 e. The number of fused-ring (bicyclic) bond motifs is 1. The first kappa shape index (κ1) is 23.7. The zero-order chi connectivity index (χ0) is 23.9. The van der Waals surface area contributed by atoms with Gasteiger partial charge in [-0.1, -0.05) is 23.5 Å². The minimum absolute atomic E-state index is 0.132. The Morgan fingerprint density at radius 1 is 0.971 bits per heavy atom. The van der Waals surface area contributed by atoms with E-state index in [1.54, 1.807) is 28.6 Å². The lowest BCUT2D eigenvalue weighted by atomic mass is 9.95. The Morgan fingerprint density at radius 3 is 2.32 bits per heavy atom. The van der Waals surface area contributed by atoms with Crippen molar-refractivity contribution in [3.05, 3.63) is 36.4 Å². The molecule has 0 radical (unpaired) electrons. The van der Waals surface area contributed by atoms with Crippen molar-refractivity contribution in [1.29, 1.82) is 0 Å². The standard InChI is InChI=1S/C23H27N3O5S3/c1-33(27,28)18-4-2-17(3-5-18)20-8-9-21-22(24-20)32-23(25-21)31-15-12-16-10-13-26(14-11-16)34(29,30)19-6-7-19/h2-5,8-9,16,19H,6-7,10-15H2,1H3. The predicted molar refractivity (Wildman–Crippen MR) is 132 cm³/mol. The number of aromatic nitrogens is 2. The molecule has 0 N–H and O–H groups in total. The molecule has 5 rings (SSSR count). The molecule has 11 heteroatoms. The average molecular weight is 522 g/mol. The van der Waals surface area contributed by atoms with Gasteiger partial charge in [-0.15, -0.1) is 0 Å². The van der Waals surface area contributed by atoms with E-state index < -0.39 is 19.9 Å². The summed E-state index contributed by atoms with van der Waals surface area (Å²) >= 11 is 1.39. The number of pyridine rings is 1. The van der Waals surface area contributed by atoms with Crippen molar-refractivity contribution in [2.24, 2.45) is 5.92 Å². The predicted octanol–water partition coefficient (Wildman–Crippen LogP) is 3.73. The zero-order valence-corrected chi connectivity index (χ0v) is 21.3. The number of ether oxygens (including phenoxy) is 1. The van der Waals surface area contributed by atoms with Crippen molar-refractivity contribution in [1.82, 2.24) is 14.3 Å². The first-order valence-electron chi connectivity index (χ1n) is 11.4. The van der Waals surface area contributed by atoms with Crippen LogP contribution in [0.4, 0.5) is 0 Å². The topological polar surface area (TPSA) is 107 Å². The monoisotopic (exact) mass is 521 g/mol. The third-order valence-corrected chi connectivity index (χ3v) is 10.8. The summed E-state index contributed by atoms with van der Waals surface area (Å²) in [4.78, 5) is 10.2. The van der Waals surface area contributed by atoms with Crippen molar-refractivity contribution in [2.45, 2.75) is 42.2 Å². The second kappa shape index (κ2) is 9.18. The maximum Gasteiger partial charge on any atom is 0.275 e. The van der Waals surface area contributed by atoms with E-state index in [-0.39, 0.29) is 10.1 Å². The van der Waals surface area contributed by atoms with E-state index in [1.165, 1.54) is 17.6 Å². The summed E-state index contributed by atoms with van der Waals surface area (Å²) in [6, 6.07) is 10.4. The molecule has 0 atom stereocenters. The molecule has 0 bridgehead atoms. The van der Waals surface area contributed by atoms with E-state index in [0.29, 0.717) is 30.8 Å². The highest BCUT2D eigenvalue weighted by Gasteiger charge is 2.41. The van der Waals surface area contributed by atoms with Crippen LogP contribution in [0, 0.1) is 5.92 Å². The molecule has 8 nitrogen and oxygen atoms in total. The Balaban J connectivity index is 1.16.